The van der Waals surface area contributed by atoms with Crippen LogP contribution in [0.1, 0.15) is 29.6 Å². The van der Waals surface area contributed by atoms with Gasteiger partial charge in [-0.1, -0.05) is 24.1 Å². The zero-order valence-corrected chi connectivity index (χ0v) is 10.5. The quantitative estimate of drug-likeness (QED) is 0.883. The van der Waals surface area contributed by atoms with Crippen LogP contribution in [0.2, 0.25) is 5.02 Å². The van der Waals surface area contributed by atoms with Crippen molar-refractivity contribution in [3.05, 3.63) is 34.9 Å². The molecule has 0 spiro atoms. The Morgan fingerprint density at radius 3 is 2.78 bits per heavy atom. The van der Waals surface area contributed by atoms with Crippen LogP contribution in [0, 0.1) is 5.92 Å². The Bertz CT molecular complexity index is 475. The second-order valence-corrected chi connectivity index (χ2v) is 4.90. The van der Waals surface area contributed by atoms with Crippen molar-refractivity contribution in [3.8, 4) is 0 Å². The van der Waals surface area contributed by atoms with Gasteiger partial charge in [0.1, 0.15) is 0 Å². The zero-order valence-electron chi connectivity index (χ0n) is 9.73. The topological polar surface area (TPSA) is 66.4 Å². The fourth-order valence-corrected chi connectivity index (χ4v) is 2.50. The van der Waals surface area contributed by atoms with Crippen molar-refractivity contribution in [1.29, 1.82) is 0 Å². The molecule has 1 aromatic rings. The smallest absolute Gasteiger partial charge is 0.308 e. The lowest BCUT2D eigenvalue weighted by Gasteiger charge is -2.17. The third kappa shape index (κ3) is 2.82. The number of hydrogen-bond acceptors (Lipinski definition) is 2. The Morgan fingerprint density at radius 2 is 2.11 bits per heavy atom. The molecule has 0 bridgehead atoms. The zero-order chi connectivity index (χ0) is 13.1. The molecule has 0 unspecified atom stereocenters. The molecular formula is C13H14ClNO3. The van der Waals surface area contributed by atoms with E-state index in [1.807, 2.05) is 0 Å². The van der Waals surface area contributed by atoms with Gasteiger partial charge in [-0.3, -0.25) is 9.59 Å². The van der Waals surface area contributed by atoms with E-state index in [-0.39, 0.29) is 11.9 Å². The maximum absolute atomic E-state index is 12.0. The van der Waals surface area contributed by atoms with Gasteiger partial charge < -0.3 is 10.4 Å². The van der Waals surface area contributed by atoms with E-state index in [4.69, 9.17) is 16.7 Å². The number of carbonyl (C=O) groups excluding carboxylic acids is 1. The van der Waals surface area contributed by atoms with Gasteiger partial charge in [0.25, 0.3) is 5.91 Å². The van der Waals surface area contributed by atoms with Gasteiger partial charge in [-0.25, -0.2) is 0 Å². The predicted octanol–water partition coefficient (Wildman–Crippen LogP) is 2.32. The lowest BCUT2D eigenvalue weighted by molar-refractivity contribution is -0.142. The number of carbonyl (C=O) groups is 2. The summed E-state index contributed by atoms with van der Waals surface area (Å²) < 4.78 is 0. The Balaban J connectivity index is 2.05. The number of halogens is 1. The van der Waals surface area contributed by atoms with Gasteiger partial charge in [0, 0.05) is 16.6 Å². The number of hydrogen-bond donors (Lipinski definition) is 2. The molecule has 0 radical (unpaired) electrons. The summed E-state index contributed by atoms with van der Waals surface area (Å²) in [6.07, 6.45) is 2.16. The molecular weight excluding hydrogens is 254 g/mol. The van der Waals surface area contributed by atoms with Crippen molar-refractivity contribution in [3.63, 3.8) is 0 Å². The SMILES string of the molecule is O=C(N[C@H]1CCC[C@H]1C(=O)O)c1cccc(Cl)c1. The van der Waals surface area contributed by atoms with Gasteiger partial charge >= 0.3 is 5.97 Å². The molecule has 1 fully saturated rings. The molecule has 0 aromatic heterocycles. The average Bonchev–Trinajstić information content (AvgIpc) is 2.77. The first-order chi connectivity index (χ1) is 8.58. The van der Waals surface area contributed by atoms with Crippen molar-refractivity contribution in [2.45, 2.75) is 25.3 Å². The van der Waals surface area contributed by atoms with Crippen LogP contribution in [0.4, 0.5) is 0 Å². The van der Waals surface area contributed by atoms with Crippen LogP contribution in [0.3, 0.4) is 0 Å². The van der Waals surface area contributed by atoms with E-state index in [9.17, 15) is 9.59 Å². The minimum atomic E-state index is -0.844. The summed E-state index contributed by atoms with van der Waals surface area (Å²) in [6, 6.07) is 6.33. The monoisotopic (exact) mass is 267 g/mol. The number of benzene rings is 1. The Kier molecular flexibility index (Phi) is 3.87. The molecule has 2 N–H and O–H groups in total. The largest absolute Gasteiger partial charge is 0.481 e. The van der Waals surface area contributed by atoms with E-state index < -0.39 is 11.9 Å². The first-order valence-corrected chi connectivity index (χ1v) is 6.25. The number of rotatable bonds is 3. The molecule has 0 heterocycles. The molecule has 0 aliphatic heterocycles. The third-order valence-electron chi connectivity index (χ3n) is 3.24. The van der Waals surface area contributed by atoms with E-state index in [1.54, 1.807) is 24.3 Å². The molecule has 2 atom stereocenters. The molecule has 1 saturated carbocycles. The van der Waals surface area contributed by atoms with Crippen LogP contribution >= 0.6 is 11.6 Å². The van der Waals surface area contributed by atoms with E-state index in [0.717, 1.165) is 6.42 Å². The van der Waals surface area contributed by atoms with Gasteiger partial charge in [0.2, 0.25) is 0 Å². The van der Waals surface area contributed by atoms with E-state index in [0.29, 0.717) is 23.4 Å². The van der Waals surface area contributed by atoms with Gasteiger partial charge in [0.05, 0.1) is 5.92 Å². The van der Waals surface area contributed by atoms with Gasteiger partial charge in [0.15, 0.2) is 0 Å². The maximum Gasteiger partial charge on any atom is 0.308 e. The van der Waals surface area contributed by atoms with Crippen molar-refractivity contribution in [1.82, 2.24) is 5.32 Å². The average molecular weight is 268 g/mol. The van der Waals surface area contributed by atoms with Gasteiger partial charge in [-0.2, -0.15) is 0 Å². The predicted molar refractivity (Wildman–Crippen MR) is 67.7 cm³/mol. The fraction of sp³-hybridized carbons (Fsp3) is 0.385. The van der Waals surface area contributed by atoms with E-state index in [2.05, 4.69) is 5.32 Å². The summed E-state index contributed by atoms with van der Waals surface area (Å²) in [5, 5.41) is 12.3. The van der Waals surface area contributed by atoms with Crippen molar-refractivity contribution < 1.29 is 14.7 Å². The molecule has 96 valence electrons. The Hall–Kier alpha value is -1.55. The standard InChI is InChI=1S/C13H14ClNO3/c14-9-4-1-3-8(7-9)12(16)15-11-6-2-5-10(11)13(17)18/h1,3-4,7,10-11H,2,5-6H2,(H,15,16)(H,17,18)/t10-,11+/m1/s1. The number of carboxylic acids is 1. The highest BCUT2D eigenvalue weighted by Gasteiger charge is 2.33. The molecule has 4 nitrogen and oxygen atoms in total. The molecule has 1 aliphatic carbocycles. The summed E-state index contributed by atoms with van der Waals surface area (Å²) in [7, 11) is 0. The lowest BCUT2D eigenvalue weighted by Crippen LogP contribution is -2.40. The van der Waals surface area contributed by atoms with Crippen molar-refractivity contribution in [2.75, 3.05) is 0 Å². The van der Waals surface area contributed by atoms with Crippen molar-refractivity contribution >= 4 is 23.5 Å². The van der Waals surface area contributed by atoms with E-state index in [1.165, 1.54) is 0 Å². The summed E-state index contributed by atoms with van der Waals surface area (Å²) in [4.78, 5) is 23.0. The highest BCUT2D eigenvalue weighted by Crippen LogP contribution is 2.26. The van der Waals surface area contributed by atoms with Crippen LogP contribution in [-0.4, -0.2) is 23.0 Å². The summed E-state index contributed by atoms with van der Waals surface area (Å²) in [6.45, 7) is 0. The first kappa shape index (κ1) is 12.9. The second-order valence-electron chi connectivity index (χ2n) is 4.47. The van der Waals surface area contributed by atoms with Crippen molar-refractivity contribution in [2.24, 2.45) is 5.92 Å². The lowest BCUT2D eigenvalue weighted by atomic mass is 10.0. The van der Waals surface area contributed by atoms with Gasteiger partial charge in [-0.05, 0) is 31.0 Å². The van der Waals surface area contributed by atoms with Crippen LogP contribution in [0.15, 0.2) is 24.3 Å². The van der Waals surface area contributed by atoms with Crippen LogP contribution < -0.4 is 5.32 Å². The highest BCUT2D eigenvalue weighted by atomic mass is 35.5. The molecule has 1 amide bonds. The Labute approximate surface area is 110 Å². The molecule has 1 aromatic carbocycles. The molecule has 18 heavy (non-hydrogen) atoms. The maximum atomic E-state index is 12.0. The molecule has 5 heteroatoms. The highest BCUT2D eigenvalue weighted by molar-refractivity contribution is 6.30. The molecule has 1 aliphatic rings. The summed E-state index contributed by atoms with van der Waals surface area (Å²) in [5.74, 6) is -1.59. The number of nitrogens with one attached hydrogen (secondary N) is 1. The minimum Gasteiger partial charge on any atom is -0.481 e. The summed E-state index contributed by atoms with van der Waals surface area (Å²) >= 11 is 5.81. The van der Waals surface area contributed by atoms with Gasteiger partial charge in [-0.15, -0.1) is 0 Å². The van der Waals surface area contributed by atoms with E-state index >= 15 is 0 Å². The Morgan fingerprint density at radius 1 is 1.33 bits per heavy atom. The van der Waals surface area contributed by atoms with Crippen LogP contribution in [0.5, 0.6) is 0 Å². The molecule has 2 rings (SSSR count). The summed E-state index contributed by atoms with van der Waals surface area (Å²) in [5.41, 5.74) is 0.457. The fourth-order valence-electron chi connectivity index (χ4n) is 2.31. The minimum absolute atomic E-state index is 0.268. The van der Waals surface area contributed by atoms with Crippen LogP contribution in [0.25, 0.3) is 0 Å². The normalized spacial score (nSPS) is 22.7. The molecule has 0 saturated heterocycles. The number of aliphatic carboxylic acids is 1. The number of amides is 1. The second kappa shape index (κ2) is 5.40. The first-order valence-electron chi connectivity index (χ1n) is 5.87. The number of carboxylic acid groups (broad SMARTS) is 1. The van der Waals surface area contributed by atoms with Crippen LogP contribution in [-0.2, 0) is 4.79 Å². The third-order valence-corrected chi connectivity index (χ3v) is 3.47.